The van der Waals surface area contributed by atoms with Gasteiger partial charge in [0.15, 0.2) is 0 Å². The third-order valence-electron chi connectivity index (χ3n) is 3.19. The van der Waals surface area contributed by atoms with E-state index in [9.17, 15) is 9.90 Å². The Morgan fingerprint density at radius 1 is 1.10 bits per heavy atom. The number of allylic oxidation sites excluding steroid dienone is 2. The van der Waals surface area contributed by atoms with Gasteiger partial charge in [-0.05, 0) is 51.7 Å². The second-order valence-electron chi connectivity index (χ2n) is 5.30. The van der Waals surface area contributed by atoms with Gasteiger partial charge in [0, 0.05) is 6.92 Å². The fourth-order valence-corrected chi connectivity index (χ4v) is 1.63. The average molecular weight is 296 g/mol. The molecular weight excluding hydrogens is 268 g/mol. The molecule has 0 aliphatic carbocycles. The van der Waals surface area contributed by atoms with Crippen LogP contribution < -0.4 is 0 Å². The zero-order valence-electron chi connectivity index (χ0n) is 13.6. The van der Waals surface area contributed by atoms with Crippen LogP contribution in [0.25, 0.3) is 0 Å². The SMILES string of the molecule is CC(=O)OC/C=C(\C)CC/C=C(\C)[C@H](O)C/C=C(\C)CO. The molecule has 21 heavy (non-hydrogen) atoms. The lowest BCUT2D eigenvalue weighted by atomic mass is 10.0. The molecule has 0 aliphatic rings. The normalized spacial score (nSPS) is 15.0. The van der Waals surface area contributed by atoms with Crippen molar-refractivity contribution in [2.45, 2.75) is 53.1 Å². The van der Waals surface area contributed by atoms with Crippen molar-refractivity contribution in [2.24, 2.45) is 0 Å². The minimum absolute atomic E-state index is 0.0296. The quantitative estimate of drug-likeness (QED) is 0.507. The van der Waals surface area contributed by atoms with E-state index < -0.39 is 6.10 Å². The highest BCUT2D eigenvalue weighted by atomic mass is 16.5. The maximum Gasteiger partial charge on any atom is 0.302 e. The monoisotopic (exact) mass is 296 g/mol. The standard InChI is InChI=1S/C17H28O4/c1-13(10-11-21-16(4)19)6-5-7-15(3)17(20)9-8-14(2)12-18/h7-8,10,17-18,20H,5-6,9,11-12H2,1-4H3/b13-10+,14-8+,15-7+/t17-/m1/s1. The van der Waals surface area contributed by atoms with Crippen LogP contribution in [0.15, 0.2) is 34.9 Å². The number of aliphatic hydroxyl groups is 2. The number of ether oxygens (including phenoxy) is 1. The lowest BCUT2D eigenvalue weighted by Crippen LogP contribution is -2.07. The molecule has 2 N–H and O–H groups in total. The van der Waals surface area contributed by atoms with Gasteiger partial charge >= 0.3 is 5.97 Å². The summed E-state index contributed by atoms with van der Waals surface area (Å²) in [6.07, 6.45) is 7.51. The van der Waals surface area contributed by atoms with Crippen LogP contribution in [0, 0.1) is 0 Å². The molecule has 0 amide bonds. The van der Waals surface area contributed by atoms with Crippen molar-refractivity contribution in [3.05, 3.63) is 34.9 Å². The van der Waals surface area contributed by atoms with Crippen LogP contribution in [-0.2, 0) is 9.53 Å². The first-order valence-electron chi connectivity index (χ1n) is 7.27. The molecule has 0 rings (SSSR count). The third kappa shape index (κ3) is 11.0. The Hall–Kier alpha value is -1.39. The summed E-state index contributed by atoms with van der Waals surface area (Å²) in [5.41, 5.74) is 2.96. The molecule has 4 heteroatoms. The summed E-state index contributed by atoms with van der Waals surface area (Å²) in [4.78, 5) is 10.6. The van der Waals surface area contributed by atoms with Crippen LogP contribution in [0.4, 0.5) is 0 Å². The van der Waals surface area contributed by atoms with E-state index in [0.29, 0.717) is 13.0 Å². The number of carbonyl (C=O) groups is 1. The van der Waals surface area contributed by atoms with Crippen LogP contribution in [0.2, 0.25) is 0 Å². The highest BCUT2D eigenvalue weighted by Crippen LogP contribution is 2.12. The van der Waals surface area contributed by atoms with Crippen LogP contribution in [0.1, 0.15) is 47.0 Å². The Balaban J connectivity index is 4.13. The van der Waals surface area contributed by atoms with Crippen molar-refractivity contribution in [2.75, 3.05) is 13.2 Å². The number of hydrogen-bond acceptors (Lipinski definition) is 4. The molecule has 120 valence electrons. The molecule has 0 aliphatic heterocycles. The summed E-state index contributed by atoms with van der Waals surface area (Å²) in [6, 6.07) is 0. The zero-order valence-corrected chi connectivity index (χ0v) is 13.6. The third-order valence-corrected chi connectivity index (χ3v) is 3.19. The summed E-state index contributed by atoms with van der Waals surface area (Å²) >= 11 is 0. The summed E-state index contributed by atoms with van der Waals surface area (Å²) in [7, 11) is 0. The molecule has 0 aromatic heterocycles. The van der Waals surface area contributed by atoms with Gasteiger partial charge in [-0.1, -0.05) is 23.3 Å². The first-order valence-corrected chi connectivity index (χ1v) is 7.27. The van der Waals surface area contributed by atoms with Gasteiger partial charge < -0.3 is 14.9 Å². The molecular formula is C17H28O4. The zero-order chi connectivity index (χ0) is 16.3. The molecule has 0 bridgehead atoms. The van der Waals surface area contributed by atoms with Crippen LogP contribution in [0.5, 0.6) is 0 Å². The van der Waals surface area contributed by atoms with Gasteiger partial charge in [0.2, 0.25) is 0 Å². The summed E-state index contributed by atoms with van der Waals surface area (Å²) in [6.45, 7) is 7.48. The van der Waals surface area contributed by atoms with Crippen LogP contribution in [-0.4, -0.2) is 35.5 Å². The first kappa shape index (κ1) is 19.6. The lowest BCUT2D eigenvalue weighted by molar-refractivity contribution is -0.139. The highest BCUT2D eigenvalue weighted by molar-refractivity contribution is 5.66. The van der Waals surface area contributed by atoms with Crippen molar-refractivity contribution >= 4 is 5.97 Å². The first-order chi connectivity index (χ1) is 9.86. The Morgan fingerprint density at radius 2 is 1.76 bits per heavy atom. The average Bonchev–Trinajstić information content (AvgIpc) is 2.43. The van der Waals surface area contributed by atoms with Gasteiger partial charge in [-0.15, -0.1) is 0 Å². The second-order valence-corrected chi connectivity index (χ2v) is 5.30. The molecule has 4 nitrogen and oxygen atoms in total. The predicted molar refractivity (Wildman–Crippen MR) is 84.8 cm³/mol. The van der Waals surface area contributed by atoms with E-state index in [4.69, 9.17) is 9.84 Å². The number of rotatable bonds is 9. The fourth-order valence-electron chi connectivity index (χ4n) is 1.63. The Labute approximate surface area is 127 Å². The minimum Gasteiger partial charge on any atom is -0.462 e. The predicted octanol–water partition coefficient (Wildman–Crippen LogP) is 2.91. The topological polar surface area (TPSA) is 66.8 Å². The Bertz CT molecular complexity index is 405. The van der Waals surface area contributed by atoms with Gasteiger partial charge in [0.05, 0.1) is 12.7 Å². The van der Waals surface area contributed by atoms with Crippen molar-refractivity contribution in [3.63, 3.8) is 0 Å². The van der Waals surface area contributed by atoms with Gasteiger partial charge in [-0.2, -0.15) is 0 Å². The molecule has 0 aromatic carbocycles. The fraction of sp³-hybridized carbons (Fsp3) is 0.588. The highest BCUT2D eigenvalue weighted by Gasteiger charge is 2.04. The van der Waals surface area contributed by atoms with E-state index in [-0.39, 0.29) is 12.6 Å². The largest absolute Gasteiger partial charge is 0.462 e. The van der Waals surface area contributed by atoms with Gasteiger partial charge in [-0.25, -0.2) is 0 Å². The van der Waals surface area contributed by atoms with E-state index in [1.54, 1.807) is 0 Å². The maximum absolute atomic E-state index is 10.6. The van der Waals surface area contributed by atoms with Crippen molar-refractivity contribution in [3.8, 4) is 0 Å². The number of esters is 1. The smallest absolute Gasteiger partial charge is 0.302 e. The van der Waals surface area contributed by atoms with E-state index in [1.807, 2.05) is 39.0 Å². The van der Waals surface area contributed by atoms with Gasteiger partial charge in [0.1, 0.15) is 6.61 Å². The molecule has 0 saturated heterocycles. The van der Waals surface area contributed by atoms with E-state index in [1.165, 1.54) is 6.92 Å². The minimum atomic E-state index is -0.503. The molecule has 1 atom stereocenters. The lowest BCUT2D eigenvalue weighted by Gasteiger charge is -2.09. The number of aliphatic hydroxyl groups excluding tert-OH is 2. The Kier molecular flexibility index (Phi) is 10.5. The number of hydrogen-bond donors (Lipinski definition) is 2. The molecule has 0 unspecified atom stereocenters. The molecule has 0 spiro atoms. The Morgan fingerprint density at radius 3 is 2.33 bits per heavy atom. The molecule has 0 fully saturated rings. The van der Waals surface area contributed by atoms with Crippen molar-refractivity contribution in [1.29, 1.82) is 0 Å². The maximum atomic E-state index is 10.6. The van der Waals surface area contributed by atoms with Crippen LogP contribution >= 0.6 is 0 Å². The van der Waals surface area contributed by atoms with E-state index in [0.717, 1.165) is 29.6 Å². The molecule has 0 saturated carbocycles. The summed E-state index contributed by atoms with van der Waals surface area (Å²) < 4.78 is 4.85. The number of carbonyl (C=O) groups excluding carboxylic acids is 1. The molecule has 0 radical (unpaired) electrons. The van der Waals surface area contributed by atoms with E-state index >= 15 is 0 Å². The molecule has 0 aromatic rings. The van der Waals surface area contributed by atoms with Gasteiger partial charge in [-0.3, -0.25) is 4.79 Å². The van der Waals surface area contributed by atoms with E-state index in [2.05, 4.69) is 0 Å². The molecule has 0 heterocycles. The summed E-state index contributed by atoms with van der Waals surface area (Å²) in [5, 5.41) is 18.9. The second kappa shape index (κ2) is 11.3. The van der Waals surface area contributed by atoms with Crippen molar-refractivity contribution < 1.29 is 19.7 Å². The van der Waals surface area contributed by atoms with Crippen LogP contribution in [0.3, 0.4) is 0 Å². The van der Waals surface area contributed by atoms with Gasteiger partial charge in [0.25, 0.3) is 0 Å². The van der Waals surface area contributed by atoms with Crippen molar-refractivity contribution in [1.82, 2.24) is 0 Å². The summed E-state index contributed by atoms with van der Waals surface area (Å²) in [5.74, 6) is -0.274.